The first-order valence-electron chi connectivity index (χ1n) is 14.5. The van der Waals surface area contributed by atoms with Gasteiger partial charge in [-0.15, -0.1) is 0 Å². The van der Waals surface area contributed by atoms with Crippen molar-refractivity contribution in [3.63, 3.8) is 0 Å². The van der Waals surface area contributed by atoms with E-state index in [0.717, 1.165) is 56.8 Å². The van der Waals surface area contributed by atoms with Crippen molar-refractivity contribution in [2.75, 3.05) is 13.2 Å². The Hall–Kier alpha value is 0.604. The van der Waals surface area contributed by atoms with E-state index in [1.807, 2.05) is 0 Å². The third kappa shape index (κ3) is 27.2. The Bertz CT molecular complexity index is 403. The first kappa shape index (κ1) is 36.8. The zero-order valence-corrected chi connectivity index (χ0v) is 25.3. The van der Waals surface area contributed by atoms with Crippen LogP contribution in [0.5, 0.6) is 0 Å². The molecule has 0 radical (unpaired) electrons. The molecule has 0 aliphatic carbocycles. The molecule has 0 spiro atoms. The second kappa shape index (κ2) is 28.2. The maximum atomic E-state index is 11.8. The van der Waals surface area contributed by atoms with Crippen LogP contribution in [0.15, 0.2) is 0 Å². The average Bonchev–Trinajstić information content (AvgIpc) is 2.83. The minimum atomic E-state index is -4.14. The van der Waals surface area contributed by atoms with E-state index in [-0.39, 0.29) is 13.2 Å². The molecule has 0 aromatic heterocycles. The van der Waals surface area contributed by atoms with E-state index in [2.05, 4.69) is 50.1 Å². The molecule has 4 nitrogen and oxygen atoms in total. The molecule has 2 atom stereocenters. The van der Waals surface area contributed by atoms with Gasteiger partial charge in [-0.1, -0.05) is 66.2 Å². The van der Waals surface area contributed by atoms with Gasteiger partial charge in [0.2, 0.25) is 0 Å². The molecule has 34 heavy (non-hydrogen) atoms. The molecule has 0 saturated heterocycles. The summed E-state index contributed by atoms with van der Waals surface area (Å²) < 4.78 is 21.9. The van der Waals surface area contributed by atoms with Crippen molar-refractivity contribution >= 4 is 7.82 Å². The summed E-state index contributed by atoms with van der Waals surface area (Å²) in [5.41, 5.74) is 0. The standard InChI is InChI=1S/C16H35O4P.C12H25.Ni/c1-5-9-11-15(7-3)13-19-21(17,18)20-14-16(8-4)12-10-6-2;1-3-5-7-9-11-12-10-8-6-4-2;/h15-16H,5-14H2,1-4H3,(H,17,18);1,3-12H2,2H3;/q;;+1/p-1. The van der Waals surface area contributed by atoms with Gasteiger partial charge in [0.05, 0.1) is 13.2 Å². The number of phosphoric ester groups is 1. The van der Waals surface area contributed by atoms with Gasteiger partial charge in [0.1, 0.15) is 0 Å². The van der Waals surface area contributed by atoms with Crippen LogP contribution in [0.2, 0.25) is 5.39 Å². The zero-order chi connectivity index (χ0) is 25.9. The molecule has 0 aliphatic rings. The van der Waals surface area contributed by atoms with E-state index in [4.69, 9.17) is 9.05 Å². The molecular formula is C28H59NiO4P. The summed E-state index contributed by atoms with van der Waals surface area (Å²) in [5, 5.41) is 0.997. The molecule has 0 N–H and O–H groups in total. The predicted octanol–water partition coefficient (Wildman–Crippen LogP) is 9.79. The van der Waals surface area contributed by atoms with Crippen molar-refractivity contribution in [2.45, 2.75) is 156 Å². The van der Waals surface area contributed by atoms with E-state index in [9.17, 15) is 9.46 Å². The van der Waals surface area contributed by atoms with Crippen LogP contribution < -0.4 is 4.89 Å². The third-order valence-electron chi connectivity index (χ3n) is 6.49. The van der Waals surface area contributed by atoms with Gasteiger partial charge in [0, 0.05) is 0 Å². The molecule has 0 aromatic rings. The third-order valence-corrected chi connectivity index (χ3v) is 7.77. The van der Waals surface area contributed by atoms with Gasteiger partial charge in [0.25, 0.3) is 7.82 Å². The van der Waals surface area contributed by atoms with E-state index >= 15 is 0 Å². The Morgan fingerprint density at radius 1 is 0.618 bits per heavy atom. The van der Waals surface area contributed by atoms with Gasteiger partial charge in [-0.05, 0) is 24.7 Å². The average molecular weight is 549 g/mol. The summed E-state index contributed by atoms with van der Waals surface area (Å²) in [6.45, 7) is 11.2. The number of phosphoric acid groups is 1. The fourth-order valence-corrected chi connectivity index (χ4v) is 4.90. The summed E-state index contributed by atoms with van der Waals surface area (Å²) in [4.78, 5) is 11.8. The van der Waals surface area contributed by atoms with Crippen LogP contribution in [0.3, 0.4) is 0 Å². The first-order valence-corrected chi connectivity index (χ1v) is 16.7. The minimum absolute atomic E-state index is 0.253. The van der Waals surface area contributed by atoms with Crippen LogP contribution in [-0.2, 0) is 29.1 Å². The van der Waals surface area contributed by atoms with Crippen LogP contribution in [-0.4, -0.2) is 13.2 Å². The van der Waals surface area contributed by atoms with Crippen molar-refractivity contribution in [3.05, 3.63) is 0 Å². The van der Waals surface area contributed by atoms with Gasteiger partial charge in [-0.2, -0.15) is 0 Å². The SMILES string of the molecule is CCCCC(CC)COP(=O)([O-])OCC(CC)CCCC.CCCCCCCCCCC[CH2][Ni+]. The number of hydrogen-bond donors (Lipinski definition) is 0. The molecule has 0 heterocycles. The van der Waals surface area contributed by atoms with Crippen LogP contribution in [0.25, 0.3) is 0 Å². The van der Waals surface area contributed by atoms with E-state index < -0.39 is 7.82 Å². The van der Waals surface area contributed by atoms with Crippen LogP contribution >= 0.6 is 7.82 Å². The van der Waals surface area contributed by atoms with E-state index in [1.165, 1.54) is 64.2 Å². The van der Waals surface area contributed by atoms with Gasteiger partial charge in [0.15, 0.2) is 0 Å². The summed E-state index contributed by atoms with van der Waals surface area (Å²) in [7, 11) is -4.14. The monoisotopic (exact) mass is 548 g/mol. The summed E-state index contributed by atoms with van der Waals surface area (Å²) in [6, 6.07) is 0. The van der Waals surface area contributed by atoms with Crippen molar-refractivity contribution in [1.29, 1.82) is 0 Å². The van der Waals surface area contributed by atoms with E-state index in [0.29, 0.717) is 11.8 Å². The van der Waals surface area contributed by atoms with Crippen molar-refractivity contribution < 1.29 is 34.0 Å². The molecule has 0 aromatic carbocycles. The van der Waals surface area contributed by atoms with Crippen molar-refractivity contribution in [3.8, 4) is 0 Å². The molecule has 0 amide bonds. The maximum absolute atomic E-state index is 11.8. The Labute approximate surface area is 222 Å². The number of hydrogen-bond acceptors (Lipinski definition) is 4. The quantitative estimate of drug-likeness (QED) is 0.0683. The topological polar surface area (TPSA) is 58.6 Å². The van der Waals surface area contributed by atoms with Gasteiger partial charge < -0.3 is 13.9 Å². The first-order chi connectivity index (χ1) is 16.4. The Morgan fingerprint density at radius 2 is 0.971 bits per heavy atom. The Kier molecular flexibility index (Phi) is 30.5. The molecule has 6 heteroatoms. The molecule has 0 bridgehead atoms. The van der Waals surface area contributed by atoms with Crippen LogP contribution in [0.1, 0.15) is 150 Å². The fraction of sp³-hybridized carbons (Fsp3) is 1.00. The summed E-state index contributed by atoms with van der Waals surface area (Å²) in [5.74, 6) is 0.607. The van der Waals surface area contributed by atoms with Crippen molar-refractivity contribution in [2.24, 2.45) is 11.8 Å². The van der Waals surface area contributed by atoms with Crippen LogP contribution in [0, 0.1) is 11.8 Å². The number of unbranched alkanes of at least 4 members (excludes halogenated alkanes) is 11. The van der Waals surface area contributed by atoms with E-state index in [1.54, 1.807) is 0 Å². The normalized spacial score (nSPS) is 14.8. The summed E-state index contributed by atoms with van der Waals surface area (Å²) >= 11 is 4.64. The molecule has 210 valence electrons. The van der Waals surface area contributed by atoms with Crippen LogP contribution in [0.4, 0.5) is 0 Å². The van der Waals surface area contributed by atoms with Gasteiger partial charge in [-0.25, -0.2) is 0 Å². The fourth-order valence-electron chi connectivity index (χ4n) is 3.79. The zero-order valence-electron chi connectivity index (χ0n) is 23.4. The molecule has 2 unspecified atom stereocenters. The second-order valence-corrected chi connectivity index (χ2v) is 11.6. The molecule has 0 rings (SSSR count). The molecule has 0 aliphatic heterocycles. The Balaban J connectivity index is 0. The predicted molar refractivity (Wildman–Crippen MR) is 143 cm³/mol. The second-order valence-electron chi connectivity index (χ2n) is 9.71. The van der Waals surface area contributed by atoms with Crippen molar-refractivity contribution in [1.82, 2.24) is 0 Å². The Morgan fingerprint density at radius 3 is 1.29 bits per heavy atom. The van der Waals surface area contributed by atoms with Gasteiger partial charge >= 0.3 is 92.0 Å². The summed E-state index contributed by atoms with van der Waals surface area (Å²) in [6.07, 6.45) is 22.5. The molecular weight excluding hydrogens is 490 g/mol. The molecule has 0 saturated carbocycles. The molecule has 0 fully saturated rings. The number of rotatable bonds is 24. The van der Waals surface area contributed by atoms with Gasteiger partial charge in [-0.3, -0.25) is 4.57 Å².